The lowest BCUT2D eigenvalue weighted by atomic mass is 10.1. The number of aryl methyl sites for hydroxylation is 1. The van der Waals surface area contributed by atoms with E-state index in [1.807, 2.05) is 4.68 Å². The Morgan fingerprint density at radius 3 is 2.94 bits per heavy atom. The lowest BCUT2D eigenvalue weighted by molar-refractivity contribution is -0.118. The Kier molecular flexibility index (Phi) is 6.47. The molecular weight excluding hydrogens is 216 g/mol. The van der Waals surface area contributed by atoms with Crippen LogP contribution in [0, 0.1) is 0 Å². The zero-order chi connectivity index (χ0) is 12.5. The molecule has 5 heteroatoms. The minimum atomic E-state index is 0.243. The van der Waals surface area contributed by atoms with Gasteiger partial charge in [0.15, 0.2) is 0 Å². The molecule has 1 aromatic heterocycles. The molecule has 1 rings (SSSR count). The molecule has 0 saturated heterocycles. The van der Waals surface area contributed by atoms with Crippen molar-refractivity contribution in [2.45, 2.75) is 52.0 Å². The molecule has 1 heterocycles. The van der Waals surface area contributed by atoms with Gasteiger partial charge in [0.2, 0.25) is 0 Å². The van der Waals surface area contributed by atoms with Gasteiger partial charge in [-0.1, -0.05) is 13.3 Å². The van der Waals surface area contributed by atoms with Gasteiger partial charge in [0.1, 0.15) is 17.9 Å². The summed E-state index contributed by atoms with van der Waals surface area (Å²) in [5.41, 5.74) is 5.40. The van der Waals surface area contributed by atoms with E-state index in [0.29, 0.717) is 19.4 Å². The van der Waals surface area contributed by atoms with Gasteiger partial charge in [-0.25, -0.2) is 9.67 Å². The number of aromatic nitrogens is 3. The molecule has 0 radical (unpaired) electrons. The van der Waals surface area contributed by atoms with Crippen molar-refractivity contribution in [3.05, 3.63) is 12.2 Å². The molecule has 0 aromatic carbocycles. The molecular formula is C12H22N4O. The Morgan fingerprint density at radius 1 is 1.41 bits per heavy atom. The van der Waals surface area contributed by atoms with Gasteiger partial charge in [-0.3, -0.25) is 4.79 Å². The molecule has 0 aliphatic heterocycles. The highest BCUT2D eigenvalue weighted by atomic mass is 16.1. The van der Waals surface area contributed by atoms with Crippen molar-refractivity contribution in [2.24, 2.45) is 5.73 Å². The van der Waals surface area contributed by atoms with E-state index >= 15 is 0 Å². The monoisotopic (exact) mass is 238 g/mol. The zero-order valence-corrected chi connectivity index (χ0v) is 10.6. The summed E-state index contributed by atoms with van der Waals surface area (Å²) < 4.78 is 1.82. The predicted molar refractivity (Wildman–Crippen MR) is 66.5 cm³/mol. The average molecular weight is 238 g/mol. The van der Waals surface area contributed by atoms with Crippen molar-refractivity contribution in [3.63, 3.8) is 0 Å². The van der Waals surface area contributed by atoms with Gasteiger partial charge in [-0.05, 0) is 25.8 Å². The fourth-order valence-corrected chi connectivity index (χ4v) is 1.73. The van der Waals surface area contributed by atoms with E-state index in [2.05, 4.69) is 17.0 Å². The van der Waals surface area contributed by atoms with Gasteiger partial charge in [-0.2, -0.15) is 5.10 Å². The van der Waals surface area contributed by atoms with Crippen LogP contribution in [0.4, 0.5) is 0 Å². The number of Topliss-reactive ketones (excluding diaryl/α,β-unsaturated/α-hetero) is 1. The number of hydrogen-bond donors (Lipinski definition) is 1. The summed E-state index contributed by atoms with van der Waals surface area (Å²) >= 11 is 0. The summed E-state index contributed by atoms with van der Waals surface area (Å²) in [4.78, 5) is 15.8. The van der Waals surface area contributed by atoms with Gasteiger partial charge in [0, 0.05) is 13.0 Å². The van der Waals surface area contributed by atoms with Gasteiger partial charge < -0.3 is 5.73 Å². The molecule has 0 saturated carbocycles. The predicted octanol–water partition coefficient (Wildman–Crippen LogP) is 1.32. The van der Waals surface area contributed by atoms with E-state index in [0.717, 1.165) is 38.1 Å². The number of nitrogens with zero attached hydrogens (tertiary/aromatic N) is 3. The van der Waals surface area contributed by atoms with Gasteiger partial charge >= 0.3 is 0 Å². The second-order valence-corrected chi connectivity index (χ2v) is 4.21. The quantitative estimate of drug-likeness (QED) is 0.658. The Bertz CT molecular complexity index is 335. The minimum absolute atomic E-state index is 0.243. The summed E-state index contributed by atoms with van der Waals surface area (Å²) in [6.45, 7) is 3.62. The number of nitrogens with two attached hydrogens (primary N) is 1. The van der Waals surface area contributed by atoms with Crippen LogP contribution in [0.1, 0.15) is 44.9 Å². The van der Waals surface area contributed by atoms with Gasteiger partial charge in [-0.15, -0.1) is 0 Å². The Balaban J connectivity index is 2.31. The third kappa shape index (κ3) is 5.08. The van der Waals surface area contributed by atoms with Crippen molar-refractivity contribution in [1.82, 2.24) is 14.8 Å². The molecule has 0 aliphatic carbocycles. The van der Waals surface area contributed by atoms with E-state index in [9.17, 15) is 4.79 Å². The van der Waals surface area contributed by atoms with Crippen molar-refractivity contribution in [2.75, 3.05) is 6.54 Å². The van der Waals surface area contributed by atoms with E-state index in [-0.39, 0.29) is 5.78 Å². The van der Waals surface area contributed by atoms with Crippen molar-refractivity contribution < 1.29 is 4.79 Å². The van der Waals surface area contributed by atoms with Crippen molar-refractivity contribution >= 4 is 5.78 Å². The SMILES string of the molecule is CCCn1ncnc1CC(=O)CCCCCN. The molecule has 0 aliphatic rings. The molecule has 5 nitrogen and oxygen atoms in total. The Labute approximate surface area is 102 Å². The van der Waals surface area contributed by atoms with E-state index in [4.69, 9.17) is 5.73 Å². The summed E-state index contributed by atoms with van der Waals surface area (Å²) in [6.07, 6.45) is 6.51. The number of carbonyl (C=O) groups excluding carboxylic acids is 1. The minimum Gasteiger partial charge on any atom is -0.330 e. The highest BCUT2D eigenvalue weighted by Crippen LogP contribution is 2.04. The molecule has 0 spiro atoms. The van der Waals surface area contributed by atoms with Crippen molar-refractivity contribution in [3.8, 4) is 0 Å². The Hall–Kier alpha value is -1.23. The van der Waals surface area contributed by atoms with Crippen LogP contribution in [-0.2, 0) is 17.8 Å². The lowest BCUT2D eigenvalue weighted by Gasteiger charge is -2.03. The lowest BCUT2D eigenvalue weighted by Crippen LogP contribution is -2.11. The number of carbonyl (C=O) groups is 1. The third-order valence-corrected chi connectivity index (χ3v) is 2.65. The Morgan fingerprint density at radius 2 is 2.24 bits per heavy atom. The molecule has 0 bridgehead atoms. The van der Waals surface area contributed by atoms with Crippen molar-refractivity contribution in [1.29, 1.82) is 0 Å². The van der Waals surface area contributed by atoms with Crippen LogP contribution >= 0.6 is 0 Å². The van der Waals surface area contributed by atoms with E-state index in [1.54, 1.807) is 0 Å². The van der Waals surface area contributed by atoms with Crippen LogP contribution in [0.3, 0.4) is 0 Å². The second kappa shape index (κ2) is 7.95. The first kappa shape index (κ1) is 13.8. The van der Waals surface area contributed by atoms with Crippen LogP contribution in [0.5, 0.6) is 0 Å². The number of unbranched alkanes of at least 4 members (excludes halogenated alkanes) is 2. The smallest absolute Gasteiger partial charge is 0.140 e. The van der Waals surface area contributed by atoms with Crippen LogP contribution in [-0.4, -0.2) is 27.1 Å². The fraction of sp³-hybridized carbons (Fsp3) is 0.750. The van der Waals surface area contributed by atoms with Crippen LogP contribution in [0.2, 0.25) is 0 Å². The van der Waals surface area contributed by atoms with Gasteiger partial charge in [0.25, 0.3) is 0 Å². The molecule has 0 unspecified atom stereocenters. The summed E-state index contributed by atoms with van der Waals surface area (Å²) in [6, 6.07) is 0. The second-order valence-electron chi connectivity index (χ2n) is 4.21. The molecule has 96 valence electrons. The maximum Gasteiger partial charge on any atom is 0.140 e. The summed E-state index contributed by atoms with van der Waals surface area (Å²) in [5, 5.41) is 4.11. The number of hydrogen-bond acceptors (Lipinski definition) is 4. The van der Waals surface area contributed by atoms with Crippen LogP contribution in [0.15, 0.2) is 6.33 Å². The first-order chi connectivity index (χ1) is 8.27. The maximum atomic E-state index is 11.7. The zero-order valence-electron chi connectivity index (χ0n) is 10.6. The van der Waals surface area contributed by atoms with Crippen LogP contribution in [0.25, 0.3) is 0 Å². The average Bonchev–Trinajstić information content (AvgIpc) is 2.73. The highest BCUT2D eigenvalue weighted by molar-refractivity contribution is 5.80. The standard InChI is InChI=1S/C12H22N4O/c1-2-8-16-12(14-10-15-16)9-11(17)6-4-3-5-7-13/h10H,2-9,13H2,1H3. The van der Waals surface area contributed by atoms with Crippen LogP contribution < -0.4 is 5.73 Å². The fourth-order valence-electron chi connectivity index (χ4n) is 1.73. The first-order valence-electron chi connectivity index (χ1n) is 6.36. The topological polar surface area (TPSA) is 73.8 Å². The summed E-state index contributed by atoms with van der Waals surface area (Å²) in [5.74, 6) is 1.03. The van der Waals surface area contributed by atoms with E-state index in [1.165, 1.54) is 6.33 Å². The summed E-state index contributed by atoms with van der Waals surface area (Å²) in [7, 11) is 0. The number of ketones is 1. The highest BCUT2D eigenvalue weighted by Gasteiger charge is 2.09. The largest absolute Gasteiger partial charge is 0.330 e. The van der Waals surface area contributed by atoms with Gasteiger partial charge in [0.05, 0.1) is 6.42 Å². The molecule has 2 N–H and O–H groups in total. The number of rotatable bonds is 9. The molecule has 0 fully saturated rings. The third-order valence-electron chi connectivity index (χ3n) is 2.65. The van der Waals surface area contributed by atoms with E-state index < -0.39 is 0 Å². The maximum absolute atomic E-state index is 11.7. The molecule has 0 amide bonds. The molecule has 0 atom stereocenters. The molecule has 17 heavy (non-hydrogen) atoms. The molecule has 1 aromatic rings. The normalized spacial score (nSPS) is 10.7. The first-order valence-corrected chi connectivity index (χ1v) is 6.36.